The minimum atomic E-state index is -0.166. The maximum absolute atomic E-state index is 13.6. The van der Waals surface area contributed by atoms with Crippen molar-refractivity contribution in [1.29, 1.82) is 0 Å². The van der Waals surface area contributed by atoms with Crippen LogP contribution in [0.15, 0.2) is 71.7 Å². The molecule has 0 saturated carbocycles. The largest absolute Gasteiger partial charge is 0.497 e. The van der Waals surface area contributed by atoms with Gasteiger partial charge in [-0.25, -0.2) is 9.97 Å². The Morgan fingerprint density at radius 1 is 1.08 bits per heavy atom. The first-order valence-electron chi connectivity index (χ1n) is 12.1. The van der Waals surface area contributed by atoms with Crippen LogP contribution in [0.25, 0.3) is 11.2 Å². The van der Waals surface area contributed by atoms with E-state index in [0.717, 1.165) is 5.56 Å². The molecule has 0 bridgehead atoms. The summed E-state index contributed by atoms with van der Waals surface area (Å²) in [7, 11) is 1.60. The Labute approximate surface area is 209 Å². The molecule has 36 heavy (non-hydrogen) atoms. The van der Waals surface area contributed by atoms with E-state index in [-0.39, 0.29) is 17.4 Å². The minimum absolute atomic E-state index is 0.0182. The van der Waals surface area contributed by atoms with Crippen molar-refractivity contribution >= 4 is 28.6 Å². The van der Waals surface area contributed by atoms with Gasteiger partial charge in [-0.1, -0.05) is 35.9 Å². The zero-order valence-electron chi connectivity index (χ0n) is 20.5. The van der Waals surface area contributed by atoms with Crippen LogP contribution in [-0.2, 0) is 11.3 Å². The molecule has 8 heteroatoms. The Morgan fingerprint density at radius 2 is 1.86 bits per heavy atom. The summed E-state index contributed by atoms with van der Waals surface area (Å²) < 4.78 is 6.94. The third kappa shape index (κ3) is 4.93. The molecule has 3 heterocycles. The van der Waals surface area contributed by atoms with E-state index < -0.39 is 0 Å². The number of nitrogens with zero attached hydrogens (tertiary/aromatic N) is 4. The van der Waals surface area contributed by atoms with E-state index >= 15 is 0 Å². The number of methoxy groups -OCH3 is 1. The highest BCUT2D eigenvalue weighted by atomic mass is 16.5. The number of piperidine rings is 1. The van der Waals surface area contributed by atoms with E-state index in [0.29, 0.717) is 60.9 Å². The summed E-state index contributed by atoms with van der Waals surface area (Å²) in [5, 5.41) is 2.99. The first-order valence-corrected chi connectivity index (χ1v) is 12.1. The zero-order valence-corrected chi connectivity index (χ0v) is 20.5. The first kappa shape index (κ1) is 23.5. The average molecular weight is 484 g/mol. The van der Waals surface area contributed by atoms with Crippen molar-refractivity contribution in [3.8, 4) is 5.75 Å². The molecule has 1 amide bonds. The maximum Gasteiger partial charge on any atom is 0.295 e. The number of carbonyl (C=O) groups is 1. The number of pyridine rings is 1. The summed E-state index contributed by atoms with van der Waals surface area (Å²) >= 11 is 0. The van der Waals surface area contributed by atoms with Gasteiger partial charge in [0.05, 0.1) is 13.7 Å². The second-order valence-corrected chi connectivity index (χ2v) is 9.14. The highest BCUT2D eigenvalue weighted by Gasteiger charge is 2.28. The van der Waals surface area contributed by atoms with Crippen LogP contribution in [0.4, 0.5) is 11.5 Å². The Kier molecular flexibility index (Phi) is 6.66. The van der Waals surface area contributed by atoms with Crippen molar-refractivity contribution in [3.05, 3.63) is 88.3 Å². The molecule has 1 aliphatic heterocycles. The number of hydrogen-bond donors (Lipinski definition) is 1. The lowest BCUT2D eigenvalue weighted by atomic mass is 9.96. The number of ether oxygens (including phenoxy) is 1. The summed E-state index contributed by atoms with van der Waals surface area (Å²) in [6.45, 7) is 3.61. The van der Waals surface area contributed by atoms with Crippen LogP contribution in [0, 0.1) is 12.8 Å². The van der Waals surface area contributed by atoms with E-state index in [1.807, 2.05) is 66.4 Å². The summed E-state index contributed by atoms with van der Waals surface area (Å²) in [4.78, 5) is 37.6. The molecule has 2 aromatic carbocycles. The monoisotopic (exact) mass is 483 g/mol. The predicted molar refractivity (Wildman–Crippen MR) is 141 cm³/mol. The molecule has 1 fully saturated rings. The molecule has 1 aliphatic rings. The Morgan fingerprint density at radius 3 is 2.61 bits per heavy atom. The SMILES string of the molecule is COc1cccc(NC(=O)C2CCN(c3nc4cccnc4n(Cc4ccc(C)cc4)c3=O)CC2)c1. The van der Waals surface area contributed by atoms with Gasteiger partial charge < -0.3 is 15.0 Å². The lowest BCUT2D eigenvalue weighted by molar-refractivity contribution is -0.120. The third-order valence-corrected chi connectivity index (χ3v) is 6.65. The number of rotatable bonds is 6. The van der Waals surface area contributed by atoms with Crippen LogP contribution in [0.1, 0.15) is 24.0 Å². The molecule has 0 unspecified atom stereocenters. The van der Waals surface area contributed by atoms with Crippen molar-refractivity contribution in [2.24, 2.45) is 5.92 Å². The third-order valence-electron chi connectivity index (χ3n) is 6.65. The predicted octanol–water partition coefficient (Wildman–Crippen LogP) is 4.01. The summed E-state index contributed by atoms with van der Waals surface area (Å²) in [5.74, 6) is 0.954. The quantitative estimate of drug-likeness (QED) is 0.446. The van der Waals surface area contributed by atoms with E-state index in [1.165, 1.54) is 5.56 Å². The van der Waals surface area contributed by atoms with Gasteiger partial charge in [-0.2, -0.15) is 0 Å². The van der Waals surface area contributed by atoms with Crippen molar-refractivity contribution < 1.29 is 9.53 Å². The number of benzene rings is 2. The molecular formula is C28H29N5O3. The molecule has 4 aromatic rings. The van der Waals surface area contributed by atoms with Gasteiger partial charge in [-0.15, -0.1) is 0 Å². The van der Waals surface area contributed by atoms with Gasteiger partial charge in [0.1, 0.15) is 11.3 Å². The first-order chi connectivity index (χ1) is 17.5. The summed E-state index contributed by atoms with van der Waals surface area (Å²) in [6, 6.07) is 19.2. The van der Waals surface area contributed by atoms with Gasteiger partial charge in [-0.3, -0.25) is 14.2 Å². The van der Waals surface area contributed by atoms with Gasteiger partial charge >= 0.3 is 0 Å². The molecule has 8 nitrogen and oxygen atoms in total. The van der Waals surface area contributed by atoms with Crippen LogP contribution in [0.2, 0.25) is 0 Å². The molecule has 0 radical (unpaired) electrons. The number of amides is 1. The average Bonchev–Trinajstić information content (AvgIpc) is 2.91. The smallest absolute Gasteiger partial charge is 0.295 e. The summed E-state index contributed by atoms with van der Waals surface area (Å²) in [5.41, 5.74) is 3.99. The fourth-order valence-corrected chi connectivity index (χ4v) is 4.59. The number of anilines is 2. The highest BCUT2D eigenvalue weighted by Crippen LogP contribution is 2.24. The van der Waals surface area contributed by atoms with Gasteiger partial charge in [0.2, 0.25) is 5.91 Å². The van der Waals surface area contributed by atoms with Crippen LogP contribution < -0.4 is 20.5 Å². The van der Waals surface area contributed by atoms with Crippen molar-refractivity contribution in [1.82, 2.24) is 14.5 Å². The molecule has 5 rings (SSSR count). The zero-order chi connectivity index (χ0) is 25.1. The number of nitrogens with one attached hydrogen (secondary N) is 1. The molecule has 1 N–H and O–H groups in total. The highest BCUT2D eigenvalue weighted by molar-refractivity contribution is 5.92. The molecule has 0 spiro atoms. The van der Waals surface area contributed by atoms with Crippen LogP contribution in [0.3, 0.4) is 0 Å². The number of aromatic nitrogens is 3. The lowest BCUT2D eigenvalue weighted by Crippen LogP contribution is -2.42. The van der Waals surface area contributed by atoms with Gasteiger partial charge in [-0.05, 0) is 49.6 Å². The van der Waals surface area contributed by atoms with Crippen molar-refractivity contribution in [2.45, 2.75) is 26.3 Å². The molecule has 0 atom stereocenters. The normalized spacial score (nSPS) is 14.1. The minimum Gasteiger partial charge on any atom is -0.497 e. The summed E-state index contributed by atoms with van der Waals surface area (Å²) in [6.07, 6.45) is 2.96. The van der Waals surface area contributed by atoms with Crippen LogP contribution in [-0.4, -0.2) is 40.6 Å². The van der Waals surface area contributed by atoms with Crippen molar-refractivity contribution in [3.63, 3.8) is 0 Å². The number of fused-ring (bicyclic) bond motifs is 1. The Hall–Kier alpha value is -4.20. The maximum atomic E-state index is 13.6. The van der Waals surface area contributed by atoms with Gasteiger partial charge in [0, 0.05) is 37.0 Å². The number of carbonyl (C=O) groups excluding carboxylic acids is 1. The van der Waals surface area contributed by atoms with E-state index in [1.54, 1.807) is 23.9 Å². The lowest BCUT2D eigenvalue weighted by Gasteiger charge is -2.32. The molecule has 2 aromatic heterocycles. The molecule has 184 valence electrons. The second kappa shape index (κ2) is 10.2. The Bertz CT molecular complexity index is 1440. The van der Waals surface area contributed by atoms with Crippen molar-refractivity contribution in [2.75, 3.05) is 30.4 Å². The molecular weight excluding hydrogens is 454 g/mol. The van der Waals surface area contributed by atoms with E-state index in [9.17, 15) is 9.59 Å². The van der Waals surface area contributed by atoms with E-state index in [2.05, 4.69) is 15.3 Å². The number of aryl methyl sites for hydroxylation is 1. The fraction of sp³-hybridized carbons (Fsp3) is 0.286. The molecule has 0 aliphatic carbocycles. The number of hydrogen-bond acceptors (Lipinski definition) is 6. The van der Waals surface area contributed by atoms with Crippen LogP contribution >= 0.6 is 0 Å². The molecule has 1 saturated heterocycles. The van der Waals surface area contributed by atoms with Gasteiger partial charge in [0.25, 0.3) is 5.56 Å². The second-order valence-electron chi connectivity index (χ2n) is 9.14. The topological polar surface area (TPSA) is 89.3 Å². The Balaban J connectivity index is 1.35. The van der Waals surface area contributed by atoms with E-state index in [4.69, 9.17) is 4.74 Å². The fourth-order valence-electron chi connectivity index (χ4n) is 4.59. The van der Waals surface area contributed by atoms with Gasteiger partial charge in [0.15, 0.2) is 11.5 Å². The van der Waals surface area contributed by atoms with Crippen LogP contribution in [0.5, 0.6) is 5.75 Å². The standard InChI is InChI=1S/C28H29N5O3/c1-19-8-10-20(11-9-19)18-33-25-24(7-4-14-29-25)31-26(28(33)35)32-15-12-21(13-16-32)27(34)30-22-5-3-6-23(17-22)36-2/h3-11,14,17,21H,12-13,15-16,18H2,1-2H3,(H,30,34).